The standard InChI is InChI=1S/C23H22N4O4/c1-14-7-8-15-12-17(23(29)25-18(15)11-14)22-26-21(31-27-22)10-9-20(28)24-13-16-5-3-4-6-19(16)30-2/h3-8,11-12H,9-10,13H2,1-2H3,(H,24,28)(H,25,29). The van der Waals surface area contributed by atoms with E-state index >= 15 is 0 Å². The van der Waals surface area contributed by atoms with Crippen molar-refractivity contribution >= 4 is 16.8 Å². The van der Waals surface area contributed by atoms with Gasteiger partial charge in [0.2, 0.25) is 17.6 Å². The SMILES string of the molecule is COc1ccccc1CNC(=O)CCc1nc(-c2cc3ccc(C)cc3[nH]c2=O)no1. The van der Waals surface area contributed by atoms with Crippen molar-refractivity contribution in [1.29, 1.82) is 0 Å². The third-order valence-corrected chi connectivity index (χ3v) is 4.94. The van der Waals surface area contributed by atoms with Gasteiger partial charge in [0.05, 0.1) is 12.7 Å². The van der Waals surface area contributed by atoms with Gasteiger partial charge < -0.3 is 19.6 Å². The minimum atomic E-state index is -0.292. The summed E-state index contributed by atoms with van der Waals surface area (Å²) in [5.41, 5.74) is 2.74. The predicted molar refractivity (Wildman–Crippen MR) is 116 cm³/mol. The van der Waals surface area contributed by atoms with E-state index < -0.39 is 0 Å². The van der Waals surface area contributed by atoms with E-state index in [2.05, 4.69) is 20.4 Å². The minimum Gasteiger partial charge on any atom is -0.496 e. The van der Waals surface area contributed by atoms with Crippen LogP contribution >= 0.6 is 0 Å². The highest BCUT2D eigenvalue weighted by Gasteiger charge is 2.14. The zero-order valence-corrected chi connectivity index (χ0v) is 17.3. The number of methoxy groups -OCH3 is 1. The molecular formula is C23H22N4O4. The number of H-pyrrole nitrogens is 1. The number of aryl methyl sites for hydroxylation is 2. The van der Waals surface area contributed by atoms with Crippen LogP contribution in [0.1, 0.15) is 23.4 Å². The maximum absolute atomic E-state index is 12.4. The first-order chi connectivity index (χ1) is 15.0. The Morgan fingerprint density at radius 3 is 2.87 bits per heavy atom. The number of hydrogen-bond acceptors (Lipinski definition) is 6. The molecule has 0 spiro atoms. The van der Waals surface area contributed by atoms with E-state index in [0.29, 0.717) is 18.0 Å². The summed E-state index contributed by atoms with van der Waals surface area (Å²) in [6, 6.07) is 15.0. The molecule has 31 heavy (non-hydrogen) atoms. The van der Waals surface area contributed by atoms with Gasteiger partial charge in [-0.25, -0.2) is 0 Å². The van der Waals surface area contributed by atoms with Gasteiger partial charge in [-0.2, -0.15) is 4.98 Å². The average Bonchev–Trinajstić information content (AvgIpc) is 3.24. The van der Waals surface area contributed by atoms with Crippen LogP contribution in [-0.4, -0.2) is 28.1 Å². The number of nitrogens with one attached hydrogen (secondary N) is 2. The van der Waals surface area contributed by atoms with Gasteiger partial charge in [0.1, 0.15) is 5.75 Å². The highest BCUT2D eigenvalue weighted by atomic mass is 16.5. The van der Waals surface area contributed by atoms with Gasteiger partial charge in [0.15, 0.2) is 0 Å². The van der Waals surface area contributed by atoms with E-state index in [4.69, 9.17) is 9.26 Å². The molecule has 2 heterocycles. The maximum Gasteiger partial charge on any atom is 0.259 e. The summed E-state index contributed by atoms with van der Waals surface area (Å²) in [7, 11) is 1.59. The lowest BCUT2D eigenvalue weighted by Gasteiger charge is -2.09. The zero-order chi connectivity index (χ0) is 21.8. The Morgan fingerprint density at radius 1 is 1.19 bits per heavy atom. The van der Waals surface area contributed by atoms with Crippen molar-refractivity contribution in [3.63, 3.8) is 0 Å². The lowest BCUT2D eigenvalue weighted by atomic mass is 10.1. The monoisotopic (exact) mass is 418 g/mol. The molecule has 0 saturated carbocycles. The zero-order valence-electron chi connectivity index (χ0n) is 17.3. The molecule has 0 aliphatic heterocycles. The highest BCUT2D eigenvalue weighted by molar-refractivity contribution is 5.82. The van der Waals surface area contributed by atoms with Gasteiger partial charge >= 0.3 is 0 Å². The third kappa shape index (κ3) is 4.63. The third-order valence-electron chi connectivity index (χ3n) is 4.94. The molecule has 0 aliphatic carbocycles. The van der Waals surface area contributed by atoms with Crippen molar-refractivity contribution in [2.75, 3.05) is 7.11 Å². The molecule has 0 bridgehead atoms. The van der Waals surface area contributed by atoms with Gasteiger partial charge in [-0.05, 0) is 36.1 Å². The van der Waals surface area contributed by atoms with Crippen LogP contribution in [0.3, 0.4) is 0 Å². The number of ether oxygens (including phenoxy) is 1. The van der Waals surface area contributed by atoms with Crippen molar-refractivity contribution in [3.05, 3.63) is 75.9 Å². The lowest BCUT2D eigenvalue weighted by molar-refractivity contribution is -0.121. The predicted octanol–water partition coefficient (Wildman–Crippen LogP) is 3.14. The van der Waals surface area contributed by atoms with E-state index in [0.717, 1.165) is 27.8 Å². The van der Waals surface area contributed by atoms with Crippen LogP contribution in [0.2, 0.25) is 0 Å². The second-order valence-corrected chi connectivity index (χ2v) is 7.20. The van der Waals surface area contributed by atoms with Crippen molar-refractivity contribution in [2.45, 2.75) is 26.3 Å². The molecule has 0 fully saturated rings. The molecule has 158 valence electrons. The van der Waals surface area contributed by atoms with Crippen molar-refractivity contribution in [1.82, 2.24) is 20.4 Å². The normalized spacial score (nSPS) is 10.9. The van der Waals surface area contributed by atoms with Crippen LogP contribution in [0.25, 0.3) is 22.3 Å². The molecule has 8 heteroatoms. The van der Waals surface area contributed by atoms with E-state index in [9.17, 15) is 9.59 Å². The van der Waals surface area contributed by atoms with E-state index in [-0.39, 0.29) is 30.1 Å². The lowest BCUT2D eigenvalue weighted by Crippen LogP contribution is -2.23. The fraction of sp³-hybridized carbons (Fsp3) is 0.217. The number of para-hydroxylation sites is 1. The molecule has 0 atom stereocenters. The van der Waals surface area contributed by atoms with Gasteiger partial charge in [0.25, 0.3) is 5.56 Å². The van der Waals surface area contributed by atoms with Crippen molar-refractivity contribution < 1.29 is 14.1 Å². The Labute approximate surface area is 178 Å². The van der Waals surface area contributed by atoms with Gasteiger partial charge in [-0.1, -0.05) is 35.5 Å². The number of aromatic amines is 1. The first kappa shape index (κ1) is 20.3. The Balaban J connectivity index is 1.40. The maximum atomic E-state index is 12.4. The molecular weight excluding hydrogens is 396 g/mol. The Hall–Kier alpha value is -3.94. The van der Waals surface area contributed by atoms with Crippen LogP contribution < -0.4 is 15.6 Å². The molecule has 1 amide bonds. The molecule has 2 aromatic carbocycles. The first-order valence-corrected chi connectivity index (χ1v) is 9.89. The van der Waals surface area contributed by atoms with Crippen molar-refractivity contribution in [2.24, 2.45) is 0 Å². The molecule has 0 saturated heterocycles. The second-order valence-electron chi connectivity index (χ2n) is 7.20. The Bertz CT molecular complexity index is 1290. The van der Waals surface area contributed by atoms with Gasteiger partial charge in [-0.3, -0.25) is 9.59 Å². The van der Waals surface area contributed by atoms with Crippen LogP contribution in [-0.2, 0) is 17.8 Å². The average molecular weight is 418 g/mol. The van der Waals surface area contributed by atoms with E-state index in [1.54, 1.807) is 13.2 Å². The highest BCUT2D eigenvalue weighted by Crippen LogP contribution is 2.19. The van der Waals surface area contributed by atoms with E-state index in [1.165, 1.54) is 0 Å². The molecule has 4 aromatic rings. The number of amides is 1. The quantitative estimate of drug-likeness (QED) is 0.477. The molecule has 8 nitrogen and oxygen atoms in total. The molecule has 4 rings (SSSR count). The van der Waals surface area contributed by atoms with Crippen LogP contribution in [0, 0.1) is 6.92 Å². The number of carbonyl (C=O) groups is 1. The molecule has 2 N–H and O–H groups in total. The van der Waals surface area contributed by atoms with Crippen molar-refractivity contribution in [3.8, 4) is 17.1 Å². The summed E-state index contributed by atoms with van der Waals surface area (Å²) >= 11 is 0. The van der Waals surface area contributed by atoms with Crippen LogP contribution in [0.15, 0.2) is 57.8 Å². The number of pyridine rings is 1. The number of fused-ring (bicyclic) bond motifs is 1. The second kappa shape index (κ2) is 8.83. The fourth-order valence-electron chi connectivity index (χ4n) is 3.30. The van der Waals surface area contributed by atoms with Crippen LogP contribution in [0.5, 0.6) is 5.75 Å². The number of rotatable bonds is 7. The molecule has 0 radical (unpaired) electrons. The smallest absolute Gasteiger partial charge is 0.259 e. The Morgan fingerprint density at radius 2 is 2.03 bits per heavy atom. The minimum absolute atomic E-state index is 0.149. The Kier molecular flexibility index (Phi) is 5.79. The first-order valence-electron chi connectivity index (χ1n) is 9.89. The van der Waals surface area contributed by atoms with Gasteiger partial charge in [-0.15, -0.1) is 0 Å². The summed E-state index contributed by atoms with van der Waals surface area (Å²) in [6.07, 6.45) is 0.458. The summed E-state index contributed by atoms with van der Waals surface area (Å²) < 4.78 is 10.5. The number of nitrogens with zero attached hydrogens (tertiary/aromatic N) is 2. The fourth-order valence-corrected chi connectivity index (χ4v) is 3.30. The number of benzene rings is 2. The summed E-state index contributed by atoms with van der Waals surface area (Å²) in [5.74, 6) is 1.07. The summed E-state index contributed by atoms with van der Waals surface area (Å²) in [6.45, 7) is 2.33. The molecule has 2 aromatic heterocycles. The number of carbonyl (C=O) groups excluding carboxylic acids is 1. The molecule has 0 aliphatic rings. The largest absolute Gasteiger partial charge is 0.496 e. The van der Waals surface area contributed by atoms with E-state index in [1.807, 2.05) is 49.4 Å². The number of aromatic nitrogens is 3. The van der Waals surface area contributed by atoms with Gasteiger partial charge in [0, 0.05) is 30.5 Å². The summed E-state index contributed by atoms with van der Waals surface area (Å²) in [4.78, 5) is 31.8. The topological polar surface area (TPSA) is 110 Å². The molecule has 0 unspecified atom stereocenters. The number of hydrogen-bond donors (Lipinski definition) is 2. The summed E-state index contributed by atoms with van der Waals surface area (Å²) in [5, 5.41) is 7.64. The van der Waals surface area contributed by atoms with Crippen LogP contribution in [0.4, 0.5) is 0 Å².